The van der Waals surface area contributed by atoms with Crippen LogP contribution in [0.3, 0.4) is 0 Å². The summed E-state index contributed by atoms with van der Waals surface area (Å²) in [5, 5.41) is 18.8. The summed E-state index contributed by atoms with van der Waals surface area (Å²) in [6, 6.07) is 15.1. The van der Waals surface area contributed by atoms with Crippen molar-refractivity contribution in [1.29, 1.82) is 0 Å². The zero-order valence-electron chi connectivity index (χ0n) is 23.2. The Hall–Kier alpha value is -4.74. The summed E-state index contributed by atoms with van der Waals surface area (Å²) in [7, 11) is 0. The number of rotatable bonds is 16. The molecule has 0 saturated carbocycles. The lowest BCUT2D eigenvalue weighted by molar-refractivity contribution is -0.402. The molecule has 0 saturated heterocycles. The lowest BCUT2D eigenvalue weighted by Gasteiger charge is -2.25. The highest BCUT2D eigenvalue weighted by Gasteiger charge is 2.29. The van der Waals surface area contributed by atoms with E-state index in [1.54, 1.807) is 36.4 Å². The largest absolute Gasteiger partial charge is 0.445 e. The van der Waals surface area contributed by atoms with E-state index in [2.05, 4.69) is 16.0 Å². The SMILES string of the molecule is CC(C)C[C@H](NC(=O)OCc1ccccc1)C(=O)N[C@@H](Cc1ccccc1)C(=O)N[C@H](/C=C/[N+](=O)[O-])CCC(N)=O. The van der Waals surface area contributed by atoms with Crippen LogP contribution in [-0.2, 0) is 32.1 Å². The number of benzene rings is 2. The number of carbonyl (C=O) groups is 4. The van der Waals surface area contributed by atoms with Crippen LogP contribution < -0.4 is 21.7 Å². The van der Waals surface area contributed by atoms with Gasteiger partial charge in [0.05, 0.1) is 11.0 Å². The summed E-state index contributed by atoms with van der Waals surface area (Å²) in [6.45, 7) is 3.79. The molecule has 4 amide bonds. The molecule has 5 N–H and O–H groups in total. The molecule has 3 atom stereocenters. The number of nitrogens with one attached hydrogen (secondary N) is 3. The average Bonchev–Trinajstić information content (AvgIpc) is 2.93. The molecule has 0 aliphatic carbocycles. The van der Waals surface area contributed by atoms with Gasteiger partial charge in [-0.15, -0.1) is 0 Å². The number of nitro groups is 1. The van der Waals surface area contributed by atoms with Gasteiger partial charge in [0.15, 0.2) is 0 Å². The second kappa shape index (κ2) is 17.1. The van der Waals surface area contributed by atoms with E-state index in [0.717, 1.165) is 17.2 Å². The third kappa shape index (κ3) is 13.2. The summed E-state index contributed by atoms with van der Waals surface area (Å²) >= 11 is 0. The normalized spacial score (nSPS) is 13.1. The molecular weight excluding hydrogens is 530 g/mol. The van der Waals surface area contributed by atoms with Gasteiger partial charge >= 0.3 is 6.09 Å². The van der Waals surface area contributed by atoms with Gasteiger partial charge in [0, 0.05) is 18.9 Å². The third-order valence-corrected chi connectivity index (χ3v) is 5.91. The molecule has 0 heterocycles. The fraction of sp³-hybridized carbons (Fsp3) is 0.379. The van der Waals surface area contributed by atoms with E-state index >= 15 is 0 Å². The van der Waals surface area contributed by atoms with Crippen molar-refractivity contribution in [1.82, 2.24) is 16.0 Å². The highest BCUT2D eigenvalue weighted by atomic mass is 16.6. The van der Waals surface area contributed by atoms with Crippen LogP contribution in [0.4, 0.5) is 4.79 Å². The molecule has 0 spiro atoms. The topological polar surface area (TPSA) is 183 Å². The first-order chi connectivity index (χ1) is 19.5. The Morgan fingerprint density at radius 1 is 0.902 bits per heavy atom. The lowest BCUT2D eigenvalue weighted by Crippen LogP contribution is -2.55. The molecule has 2 rings (SSSR count). The molecule has 2 aromatic rings. The monoisotopic (exact) mass is 567 g/mol. The van der Waals surface area contributed by atoms with E-state index in [-0.39, 0.29) is 38.2 Å². The van der Waals surface area contributed by atoms with E-state index < -0.39 is 46.9 Å². The summed E-state index contributed by atoms with van der Waals surface area (Å²) in [4.78, 5) is 60.7. The third-order valence-electron chi connectivity index (χ3n) is 5.91. The molecule has 0 fully saturated rings. The van der Waals surface area contributed by atoms with Crippen molar-refractivity contribution in [2.24, 2.45) is 11.7 Å². The molecular formula is C29H37N5O7. The zero-order valence-corrected chi connectivity index (χ0v) is 23.2. The quantitative estimate of drug-likeness (QED) is 0.177. The predicted molar refractivity (Wildman–Crippen MR) is 152 cm³/mol. The van der Waals surface area contributed by atoms with Gasteiger partial charge in [-0.2, -0.15) is 0 Å². The number of carbonyl (C=O) groups excluding carboxylic acids is 4. The molecule has 41 heavy (non-hydrogen) atoms. The summed E-state index contributed by atoms with van der Waals surface area (Å²) in [6.07, 6.45) is 1.33. The van der Waals surface area contributed by atoms with Crippen molar-refractivity contribution in [3.8, 4) is 0 Å². The fourth-order valence-electron chi connectivity index (χ4n) is 3.91. The Balaban J connectivity index is 2.19. The van der Waals surface area contributed by atoms with Gasteiger partial charge in [-0.3, -0.25) is 24.5 Å². The maximum absolute atomic E-state index is 13.4. The molecule has 0 aliphatic heterocycles. The van der Waals surface area contributed by atoms with E-state index in [4.69, 9.17) is 10.5 Å². The zero-order chi connectivity index (χ0) is 30.2. The smallest absolute Gasteiger partial charge is 0.408 e. The maximum Gasteiger partial charge on any atom is 0.408 e. The van der Waals surface area contributed by atoms with E-state index in [0.29, 0.717) is 6.20 Å². The Labute approximate surface area is 238 Å². The van der Waals surface area contributed by atoms with E-state index in [1.807, 2.05) is 38.1 Å². The standard InChI is InChI=1S/C29H37N5O7/c1-20(2)17-24(33-29(38)41-19-22-11-7-4-8-12-22)28(37)32-25(18-21-9-5-3-6-10-21)27(36)31-23(13-14-26(30)35)15-16-34(39)40/h3-12,15-16,20,23-25H,13-14,17-19H2,1-2H3,(H2,30,35)(H,31,36)(H,32,37)(H,33,38)/b16-15+/t23-,24-,25-/m0/s1. The van der Waals surface area contributed by atoms with Crippen molar-refractivity contribution < 1.29 is 28.8 Å². The van der Waals surface area contributed by atoms with Crippen LogP contribution in [0.5, 0.6) is 0 Å². The van der Waals surface area contributed by atoms with Gasteiger partial charge in [0.2, 0.25) is 23.9 Å². The van der Waals surface area contributed by atoms with Crippen molar-refractivity contribution in [2.75, 3.05) is 0 Å². The minimum atomic E-state index is -1.10. The predicted octanol–water partition coefficient (Wildman–Crippen LogP) is 2.60. The van der Waals surface area contributed by atoms with Crippen molar-refractivity contribution in [3.63, 3.8) is 0 Å². The number of hydrogen-bond acceptors (Lipinski definition) is 7. The Morgan fingerprint density at radius 2 is 1.49 bits per heavy atom. The van der Waals surface area contributed by atoms with Crippen molar-refractivity contribution in [3.05, 3.63) is 94.2 Å². The van der Waals surface area contributed by atoms with Crippen LogP contribution in [0.15, 0.2) is 72.9 Å². The van der Waals surface area contributed by atoms with Gasteiger partial charge in [0.25, 0.3) is 0 Å². The summed E-state index contributed by atoms with van der Waals surface area (Å²) < 4.78 is 5.27. The number of ether oxygens (including phenoxy) is 1. The molecule has 12 nitrogen and oxygen atoms in total. The first-order valence-corrected chi connectivity index (χ1v) is 13.3. The van der Waals surface area contributed by atoms with E-state index in [1.165, 1.54) is 0 Å². The maximum atomic E-state index is 13.4. The van der Waals surface area contributed by atoms with E-state index in [9.17, 15) is 29.3 Å². The second-order valence-electron chi connectivity index (χ2n) is 9.89. The van der Waals surface area contributed by atoms with Crippen molar-refractivity contribution >= 4 is 23.8 Å². The second-order valence-corrected chi connectivity index (χ2v) is 9.89. The number of primary amides is 1. The number of amides is 4. The van der Waals surface area contributed by atoms with Gasteiger partial charge in [-0.25, -0.2) is 4.79 Å². The molecule has 2 aromatic carbocycles. The van der Waals surface area contributed by atoms with Gasteiger partial charge < -0.3 is 26.4 Å². The van der Waals surface area contributed by atoms with Gasteiger partial charge in [0.1, 0.15) is 18.7 Å². The van der Waals surface area contributed by atoms with Crippen LogP contribution in [0, 0.1) is 16.0 Å². The molecule has 0 aromatic heterocycles. The first-order valence-electron chi connectivity index (χ1n) is 13.3. The van der Waals surface area contributed by atoms with Crippen molar-refractivity contribution in [2.45, 2.75) is 64.3 Å². The number of nitrogens with zero attached hydrogens (tertiary/aromatic N) is 1. The van der Waals surface area contributed by atoms with Crippen LogP contribution in [-0.4, -0.2) is 46.9 Å². The Bertz CT molecular complexity index is 1190. The average molecular weight is 568 g/mol. The summed E-state index contributed by atoms with van der Waals surface area (Å²) in [5.74, 6) is -1.83. The van der Waals surface area contributed by atoms with Crippen LogP contribution in [0.25, 0.3) is 0 Å². The number of alkyl carbamates (subject to hydrolysis) is 1. The summed E-state index contributed by atoms with van der Waals surface area (Å²) in [5.41, 5.74) is 6.74. The highest BCUT2D eigenvalue weighted by molar-refractivity contribution is 5.91. The minimum absolute atomic E-state index is 0.0199. The van der Waals surface area contributed by atoms with Crippen LogP contribution >= 0.6 is 0 Å². The molecule has 0 unspecified atom stereocenters. The molecule has 0 radical (unpaired) electrons. The van der Waals surface area contributed by atoms with Crippen LogP contribution in [0.2, 0.25) is 0 Å². The Morgan fingerprint density at radius 3 is 2.05 bits per heavy atom. The van der Waals surface area contributed by atoms with Crippen LogP contribution in [0.1, 0.15) is 44.2 Å². The number of hydrogen-bond donors (Lipinski definition) is 4. The molecule has 0 aliphatic rings. The minimum Gasteiger partial charge on any atom is -0.445 e. The van der Waals surface area contributed by atoms with Gasteiger partial charge in [-0.05, 0) is 29.9 Å². The highest BCUT2D eigenvalue weighted by Crippen LogP contribution is 2.10. The molecule has 0 bridgehead atoms. The fourth-order valence-corrected chi connectivity index (χ4v) is 3.91. The lowest BCUT2D eigenvalue weighted by atomic mass is 10.0. The molecule has 220 valence electrons. The first kappa shape index (κ1) is 32.5. The van der Waals surface area contributed by atoms with Gasteiger partial charge in [-0.1, -0.05) is 74.5 Å². The Kier molecular flexibility index (Phi) is 13.5. The molecule has 12 heteroatoms. The number of nitrogens with two attached hydrogens (primary N) is 1.